The molecule has 1 fully saturated rings. The van der Waals surface area contributed by atoms with Crippen LogP contribution >= 0.6 is 0 Å². The molecule has 0 bridgehead atoms. The Morgan fingerprint density at radius 2 is 1.03 bits per heavy atom. The standard InChI is InChI=1S/C26H30N2O2/c1-3-19-27(23-11-7-5-8-12-23)25(29)21-15-17-22(18-16-21)26(30)28(20-4-2)24-13-9-6-10-14-24/h3-14,21-22H,1-2,15-20H2. The summed E-state index contributed by atoms with van der Waals surface area (Å²) in [5, 5.41) is 0. The van der Waals surface area contributed by atoms with Crippen LogP contribution in [0, 0.1) is 11.8 Å². The third kappa shape index (κ3) is 5.07. The van der Waals surface area contributed by atoms with E-state index in [1.54, 1.807) is 22.0 Å². The second kappa shape index (κ2) is 10.6. The van der Waals surface area contributed by atoms with Crippen molar-refractivity contribution in [3.63, 3.8) is 0 Å². The summed E-state index contributed by atoms with van der Waals surface area (Å²) in [6, 6.07) is 19.4. The fraction of sp³-hybridized carbons (Fsp3) is 0.308. The Balaban J connectivity index is 1.65. The van der Waals surface area contributed by atoms with Crippen molar-refractivity contribution in [1.29, 1.82) is 0 Å². The van der Waals surface area contributed by atoms with Gasteiger partial charge < -0.3 is 9.80 Å². The molecule has 3 rings (SSSR count). The van der Waals surface area contributed by atoms with E-state index >= 15 is 0 Å². The van der Waals surface area contributed by atoms with Crippen molar-refractivity contribution in [2.45, 2.75) is 25.7 Å². The zero-order chi connectivity index (χ0) is 21.3. The van der Waals surface area contributed by atoms with E-state index in [1.165, 1.54) is 0 Å². The van der Waals surface area contributed by atoms with Gasteiger partial charge in [0, 0.05) is 36.3 Å². The number of rotatable bonds is 8. The molecule has 0 aliphatic heterocycles. The highest BCUT2D eigenvalue weighted by molar-refractivity contribution is 5.97. The van der Waals surface area contributed by atoms with Gasteiger partial charge in [0.05, 0.1) is 0 Å². The quantitative estimate of drug-likeness (QED) is 0.567. The van der Waals surface area contributed by atoms with Gasteiger partial charge >= 0.3 is 0 Å². The predicted octanol–water partition coefficient (Wildman–Crippen LogP) is 5.23. The fourth-order valence-corrected chi connectivity index (χ4v) is 4.15. The topological polar surface area (TPSA) is 40.6 Å². The molecular formula is C26H30N2O2. The minimum absolute atomic E-state index is 0.0567. The van der Waals surface area contributed by atoms with Crippen molar-refractivity contribution in [2.24, 2.45) is 11.8 Å². The number of para-hydroxylation sites is 2. The van der Waals surface area contributed by atoms with Crippen molar-refractivity contribution in [3.05, 3.63) is 86.0 Å². The van der Waals surface area contributed by atoms with E-state index in [2.05, 4.69) is 13.2 Å². The first-order valence-electron chi connectivity index (χ1n) is 10.6. The van der Waals surface area contributed by atoms with E-state index in [4.69, 9.17) is 0 Å². The number of carbonyl (C=O) groups excluding carboxylic acids is 2. The van der Waals surface area contributed by atoms with Crippen molar-refractivity contribution in [1.82, 2.24) is 0 Å². The number of benzene rings is 2. The molecular weight excluding hydrogens is 372 g/mol. The molecule has 4 heteroatoms. The van der Waals surface area contributed by atoms with Gasteiger partial charge in [-0.1, -0.05) is 48.6 Å². The number of carbonyl (C=O) groups is 2. The average molecular weight is 403 g/mol. The summed E-state index contributed by atoms with van der Waals surface area (Å²) in [4.78, 5) is 30.0. The van der Waals surface area contributed by atoms with E-state index in [0.717, 1.165) is 37.1 Å². The predicted molar refractivity (Wildman–Crippen MR) is 123 cm³/mol. The lowest BCUT2D eigenvalue weighted by molar-refractivity contribution is -0.127. The smallest absolute Gasteiger partial charge is 0.230 e. The second-order valence-electron chi connectivity index (χ2n) is 7.69. The Morgan fingerprint density at radius 1 is 0.700 bits per heavy atom. The summed E-state index contributed by atoms with van der Waals surface area (Å²) in [7, 11) is 0. The van der Waals surface area contributed by atoms with Crippen LogP contribution in [0.4, 0.5) is 11.4 Å². The van der Waals surface area contributed by atoms with Crippen molar-refractivity contribution < 1.29 is 9.59 Å². The molecule has 4 nitrogen and oxygen atoms in total. The van der Waals surface area contributed by atoms with Crippen LogP contribution in [-0.4, -0.2) is 24.9 Å². The van der Waals surface area contributed by atoms with Gasteiger partial charge in [0.2, 0.25) is 11.8 Å². The van der Waals surface area contributed by atoms with Gasteiger partial charge in [-0.05, 0) is 49.9 Å². The third-order valence-electron chi connectivity index (χ3n) is 5.72. The SMILES string of the molecule is C=CCN(C(=O)C1CCC(C(=O)N(CC=C)c2ccccc2)CC1)c1ccccc1. The summed E-state index contributed by atoms with van der Waals surface area (Å²) >= 11 is 0. The Hall–Kier alpha value is -3.14. The van der Waals surface area contributed by atoms with Crippen LogP contribution in [0.15, 0.2) is 86.0 Å². The Labute approximate surface area is 179 Å². The normalized spacial score (nSPS) is 18.3. The van der Waals surface area contributed by atoms with Crippen molar-refractivity contribution >= 4 is 23.2 Å². The minimum atomic E-state index is -0.0567. The zero-order valence-electron chi connectivity index (χ0n) is 17.5. The number of anilines is 2. The van der Waals surface area contributed by atoms with Crippen LogP contribution in [0.2, 0.25) is 0 Å². The summed E-state index contributed by atoms with van der Waals surface area (Å²) in [6.07, 6.45) is 6.43. The summed E-state index contributed by atoms with van der Waals surface area (Å²) in [6.45, 7) is 8.58. The maximum absolute atomic E-state index is 13.2. The van der Waals surface area contributed by atoms with Gasteiger partial charge in [0.25, 0.3) is 0 Å². The molecule has 2 aromatic rings. The molecule has 0 N–H and O–H groups in total. The number of amides is 2. The van der Waals surface area contributed by atoms with Gasteiger partial charge in [-0.3, -0.25) is 9.59 Å². The second-order valence-corrected chi connectivity index (χ2v) is 7.69. The highest BCUT2D eigenvalue weighted by atomic mass is 16.2. The maximum atomic E-state index is 13.2. The van der Waals surface area contributed by atoms with Crippen LogP contribution in [0.3, 0.4) is 0 Å². The molecule has 0 heterocycles. The monoisotopic (exact) mass is 402 g/mol. The van der Waals surface area contributed by atoms with Gasteiger partial charge in [-0.25, -0.2) is 0 Å². The van der Waals surface area contributed by atoms with Crippen LogP contribution in [0.5, 0.6) is 0 Å². The lowest BCUT2D eigenvalue weighted by Gasteiger charge is -2.33. The van der Waals surface area contributed by atoms with Crippen LogP contribution in [-0.2, 0) is 9.59 Å². The molecule has 0 aromatic heterocycles. The van der Waals surface area contributed by atoms with Gasteiger partial charge in [-0.2, -0.15) is 0 Å². The Morgan fingerprint density at radius 3 is 1.33 bits per heavy atom. The highest BCUT2D eigenvalue weighted by Gasteiger charge is 2.34. The lowest BCUT2D eigenvalue weighted by Crippen LogP contribution is -2.41. The number of hydrogen-bond donors (Lipinski definition) is 0. The molecule has 0 atom stereocenters. The van der Waals surface area contributed by atoms with E-state index < -0.39 is 0 Å². The van der Waals surface area contributed by atoms with Gasteiger partial charge in [-0.15, -0.1) is 13.2 Å². The minimum Gasteiger partial charge on any atom is -0.308 e. The molecule has 1 aliphatic carbocycles. The first-order chi connectivity index (χ1) is 14.7. The van der Waals surface area contributed by atoms with E-state index in [0.29, 0.717) is 13.1 Å². The van der Waals surface area contributed by atoms with Crippen molar-refractivity contribution in [3.8, 4) is 0 Å². The lowest BCUT2D eigenvalue weighted by atomic mass is 9.80. The summed E-state index contributed by atoms with van der Waals surface area (Å²) in [5.41, 5.74) is 1.78. The molecule has 1 saturated carbocycles. The molecule has 156 valence electrons. The van der Waals surface area contributed by atoms with E-state index in [1.807, 2.05) is 60.7 Å². The molecule has 2 aromatic carbocycles. The van der Waals surface area contributed by atoms with Crippen LogP contribution in [0.1, 0.15) is 25.7 Å². The van der Waals surface area contributed by atoms with Crippen LogP contribution < -0.4 is 9.80 Å². The molecule has 30 heavy (non-hydrogen) atoms. The van der Waals surface area contributed by atoms with E-state index in [9.17, 15) is 9.59 Å². The van der Waals surface area contributed by atoms with Gasteiger partial charge in [0.15, 0.2) is 0 Å². The zero-order valence-corrected chi connectivity index (χ0v) is 17.5. The summed E-state index contributed by atoms with van der Waals surface area (Å²) < 4.78 is 0. The Bertz CT molecular complexity index is 782. The molecule has 0 saturated heterocycles. The van der Waals surface area contributed by atoms with Crippen molar-refractivity contribution in [2.75, 3.05) is 22.9 Å². The largest absolute Gasteiger partial charge is 0.308 e. The molecule has 0 unspecified atom stereocenters. The molecule has 0 radical (unpaired) electrons. The number of hydrogen-bond acceptors (Lipinski definition) is 2. The first-order valence-corrected chi connectivity index (χ1v) is 10.6. The number of nitrogens with zero attached hydrogens (tertiary/aromatic N) is 2. The molecule has 0 spiro atoms. The maximum Gasteiger partial charge on any atom is 0.230 e. The fourth-order valence-electron chi connectivity index (χ4n) is 4.15. The van der Waals surface area contributed by atoms with Gasteiger partial charge in [0.1, 0.15) is 0 Å². The summed E-state index contributed by atoms with van der Waals surface area (Å²) in [5.74, 6) is 0.133. The molecule has 1 aliphatic rings. The Kier molecular flexibility index (Phi) is 7.61. The third-order valence-corrected chi connectivity index (χ3v) is 5.72. The van der Waals surface area contributed by atoms with Crippen LogP contribution in [0.25, 0.3) is 0 Å². The average Bonchev–Trinajstić information content (AvgIpc) is 2.81. The molecule has 2 amide bonds. The first kappa shape index (κ1) is 21.6. The highest BCUT2D eigenvalue weighted by Crippen LogP contribution is 2.33. The van der Waals surface area contributed by atoms with E-state index in [-0.39, 0.29) is 23.7 Å².